The van der Waals surface area contributed by atoms with Crippen molar-refractivity contribution >= 4 is 12.0 Å². The fourth-order valence-corrected chi connectivity index (χ4v) is 2.42. The van der Waals surface area contributed by atoms with Crippen molar-refractivity contribution in [1.29, 1.82) is 0 Å². The Hall–Kier alpha value is -1.52. The van der Waals surface area contributed by atoms with E-state index < -0.39 is 11.5 Å². The largest absolute Gasteiger partial charge is 0.481 e. The molecule has 0 aromatic rings. The van der Waals surface area contributed by atoms with E-state index in [1.807, 2.05) is 6.08 Å². The second-order valence-electron chi connectivity index (χ2n) is 4.87. The number of nitrogens with one attached hydrogen (secondary N) is 2. The second-order valence-corrected chi connectivity index (χ2v) is 4.87. The van der Waals surface area contributed by atoms with E-state index in [9.17, 15) is 9.59 Å². The van der Waals surface area contributed by atoms with Gasteiger partial charge in [0.05, 0.1) is 12.0 Å². The molecule has 0 aromatic heterocycles. The van der Waals surface area contributed by atoms with Crippen LogP contribution in [0.15, 0.2) is 12.7 Å². The molecule has 1 rings (SSSR count). The van der Waals surface area contributed by atoms with Gasteiger partial charge >= 0.3 is 12.0 Å². The van der Waals surface area contributed by atoms with E-state index in [1.54, 1.807) is 0 Å². The zero-order chi connectivity index (χ0) is 13.4. The van der Waals surface area contributed by atoms with Gasteiger partial charge < -0.3 is 15.7 Å². The molecule has 1 saturated carbocycles. The van der Waals surface area contributed by atoms with E-state index >= 15 is 0 Å². The first-order valence-corrected chi connectivity index (χ1v) is 6.47. The Morgan fingerprint density at radius 2 is 2.00 bits per heavy atom. The first kappa shape index (κ1) is 14.5. The van der Waals surface area contributed by atoms with Gasteiger partial charge in [0.2, 0.25) is 0 Å². The van der Waals surface area contributed by atoms with Crippen LogP contribution in [0.1, 0.15) is 44.9 Å². The van der Waals surface area contributed by atoms with Crippen LogP contribution in [0.2, 0.25) is 0 Å². The van der Waals surface area contributed by atoms with Crippen molar-refractivity contribution in [2.45, 2.75) is 50.5 Å². The molecule has 1 aliphatic carbocycles. The molecule has 0 unspecified atom stereocenters. The van der Waals surface area contributed by atoms with Gasteiger partial charge in [-0.3, -0.25) is 4.79 Å². The maximum atomic E-state index is 11.7. The van der Waals surface area contributed by atoms with Gasteiger partial charge in [-0.25, -0.2) is 4.79 Å². The van der Waals surface area contributed by atoms with Gasteiger partial charge in [-0.15, -0.1) is 6.58 Å². The van der Waals surface area contributed by atoms with Crippen molar-refractivity contribution in [1.82, 2.24) is 10.6 Å². The Labute approximate surface area is 108 Å². The summed E-state index contributed by atoms with van der Waals surface area (Å²) < 4.78 is 0. The van der Waals surface area contributed by atoms with Crippen LogP contribution in [0.25, 0.3) is 0 Å². The van der Waals surface area contributed by atoms with Gasteiger partial charge in [-0.2, -0.15) is 0 Å². The first-order chi connectivity index (χ1) is 8.58. The van der Waals surface area contributed by atoms with Crippen molar-refractivity contribution in [2.75, 3.05) is 6.54 Å². The molecule has 5 nitrogen and oxygen atoms in total. The lowest BCUT2D eigenvalue weighted by Crippen LogP contribution is -2.51. The highest BCUT2D eigenvalue weighted by atomic mass is 16.4. The van der Waals surface area contributed by atoms with Crippen LogP contribution in [0, 0.1) is 0 Å². The second kappa shape index (κ2) is 7.03. The molecular weight excluding hydrogens is 232 g/mol. The summed E-state index contributed by atoms with van der Waals surface area (Å²) in [6.45, 7) is 4.19. The minimum atomic E-state index is -0.858. The summed E-state index contributed by atoms with van der Waals surface area (Å²) >= 11 is 0. The number of rotatable bonds is 7. The van der Waals surface area contributed by atoms with Gasteiger partial charge in [0.25, 0.3) is 0 Å². The molecule has 0 aromatic carbocycles. The molecule has 3 N–H and O–H groups in total. The number of unbranched alkanes of at least 4 members (excludes halogenated alkanes) is 1. The molecule has 0 aliphatic heterocycles. The smallest absolute Gasteiger partial charge is 0.315 e. The highest BCUT2D eigenvalue weighted by Gasteiger charge is 2.37. The Balaban J connectivity index is 2.38. The average Bonchev–Trinajstić information content (AvgIpc) is 2.71. The van der Waals surface area contributed by atoms with Gasteiger partial charge in [0.1, 0.15) is 0 Å². The van der Waals surface area contributed by atoms with Crippen LogP contribution in [0.4, 0.5) is 4.79 Å². The fraction of sp³-hybridized carbons (Fsp3) is 0.692. The number of hydrogen-bond acceptors (Lipinski definition) is 2. The third-order valence-electron chi connectivity index (χ3n) is 3.30. The van der Waals surface area contributed by atoms with E-state index in [0.717, 1.165) is 38.5 Å². The number of urea groups is 1. The monoisotopic (exact) mass is 254 g/mol. The number of aliphatic carboxylic acids is 1. The van der Waals surface area contributed by atoms with Gasteiger partial charge in [-0.05, 0) is 25.7 Å². The van der Waals surface area contributed by atoms with Crippen molar-refractivity contribution in [3.63, 3.8) is 0 Å². The number of carboxylic acid groups (broad SMARTS) is 1. The normalized spacial score (nSPS) is 17.1. The molecule has 0 atom stereocenters. The number of carboxylic acids is 1. The first-order valence-electron chi connectivity index (χ1n) is 6.47. The van der Waals surface area contributed by atoms with E-state index in [-0.39, 0.29) is 12.5 Å². The maximum absolute atomic E-state index is 11.7. The zero-order valence-electron chi connectivity index (χ0n) is 10.7. The molecule has 0 bridgehead atoms. The maximum Gasteiger partial charge on any atom is 0.315 e. The topological polar surface area (TPSA) is 78.4 Å². The van der Waals surface area contributed by atoms with Crippen molar-refractivity contribution in [2.24, 2.45) is 0 Å². The lowest BCUT2D eigenvalue weighted by Gasteiger charge is -2.28. The molecule has 5 heteroatoms. The van der Waals surface area contributed by atoms with Crippen LogP contribution < -0.4 is 10.6 Å². The lowest BCUT2D eigenvalue weighted by atomic mass is 9.93. The number of allylic oxidation sites excluding steroid dienone is 1. The summed E-state index contributed by atoms with van der Waals surface area (Å²) in [5, 5.41) is 14.5. The molecule has 18 heavy (non-hydrogen) atoms. The summed E-state index contributed by atoms with van der Waals surface area (Å²) in [4.78, 5) is 22.6. The quantitative estimate of drug-likeness (QED) is 0.480. The highest BCUT2D eigenvalue weighted by molar-refractivity contribution is 5.76. The van der Waals surface area contributed by atoms with Crippen molar-refractivity contribution in [3.8, 4) is 0 Å². The predicted molar refractivity (Wildman–Crippen MR) is 69.4 cm³/mol. The Morgan fingerprint density at radius 3 is 2.56 bits per heavy atom. The Kier molecular flexibility index (Phi) is 5.68. The van der Waals surface area contributed by atoms with E-state index in [2.05, 4.69) is 17.2 Å². The van der Waals surface area contributed by atoms with E-state index in [1.165, 1.54) is 0 Å². The van der Waals surface area contributed by atoms with Gasteiger partial charge in [-0.1, -0.05) is 18.9 Å². The molecule has 0 radical (unpaired) electrons. The molecule has 2 amide bonds. The highest BCUT2D eigenvalue weighted by Crippen LogP contribution is 2.32. The summed E-state index contributed by atoms with van der Waals surface area (Å²) in [5.74, 6) is -0.858. The SMILES string of the molecule is C=CCCCNC(=O)NC1(CC(=O)O)CCCC1. The Morgan fingerprint density at radius 1 is 1.33 bits per heavy atom. The summed E-state index contributed by atoms with van der Waals surface area (Å²) in [5.41, 5.74) is -0.547. The zero-order valence-corrected chi connectivity index (χ0v) is 10.7. The third kappa shape index (κ3) is 4.77. The number of hydrogen-bond donors (Lipinski definition) is 3. The standard InChI is InChI=1S/C13H22N2O3/c1-2-3-6-9-14-12(18)15-13(10-11(16)17)7-4-5-8-13/h2H,1,3-10H2,(H,16,17)(H2,14,15,18). The summed E-state index contributed by atoms with van der Waals surface area (Å²) in [7, 11) is 0. The molecule has 0 spiro atoms. The van der Waals surface area contributed by atoms with Gasteiger partial charge in [0, 0.05) is 6.54 Å². The van der Waals surface area contributed by atoms with Gasteiger partial charge in [0.15, 0.2) is 0 Å². The molecule has 0 saturated heterocycles. The number of amides is 2. The minimum Gasteiger partial charge on any atom is -0.481 e. The van der Waals surface area contributed by atoms with E-state index in [0.29, 0.717) is 6.54 Å². The fourth-order valence-electron chi connectivity index (χ4n) is 2.42. The van der Waals surface area contributed by atoms with Crippen LogP contribution >= 0.6 is 0 Å². The third-order valence-corrected chi connectivity index (χ3v) is 3.30. The lowest BCUT2D eigenvalue weighted by molar-refractivity contribution is -0.138. The van der Waals surface area contributed by atoms with Crippen LogP contribution in [0.5, 0.6) is 0 Å². The van der Waals surface area contributed by atoms with Crippen LogP contribution in [-0.4, -0.2) is 29.2 Å². The molecule has 0 heterocycles. The molecule has 102 valence electrons. The van der Waals surface area contributed by atoms with Crippen LogP contribution in [-0.2, 0) is 4.79 Å². The van der Waals surface area contributed by atoms with Crippen molar-refractivity contribution < 1.29 is 14.7 Å². The molecule has 1 aliphatic rings. The summed E-state index contributed by atoms with van der Waals surface area (Å²) in [6, 6.07) is -0.262. The van der Waals surface area contributed by atoms with E-state index in [4.69, 9.17) is 5.11 Å². The number of carbonyl (C=O) groups excluding carboxylic acids is 1. The Bertz CT molecular complexity index is 309. The summed E-state index contributed by atoms with van der Waals surface area (Å²) in [6.07, 6.45) is 6.98. The van der Waals surface area contributed by atoms with Crippen LogP contribution in [0.3, 0.4) is 0 Å². The molecular formula is C13H22N2O3. The van der Waals surface area contributed by atoms with Crippen molar-refractivity contribution in [3.05, 3.63) is 12.7 Å². The minimum absolute atomic E-state index is 0.00702. The predicted octanol–water partition coefficient (Wildman–Crippen LogP) is 2.04. The number of carbonyl (C=O) groups is 2. The average molecular weight is 254 g/mol. The molecule has 1 fully saturated rings.